The zero-order valence-electron chi connectivity index (χ0n) is 15.3. The van der Waals surface area contributed by atoms with Gasteiger partial charge in [-0.1, -0.05) is 36.4 Å². The second kappa shape index (κ2) is 9.34. The molecule has 1 heterocycles. The number of benzene rings is 2. The molecule has 0 saturated carbocycles. The van der Waals surface area contributed by atoms with Crippen LogP contribution in [-0.4, -0.2) is 18.0 Å². The van der Waals surface area contributed by atoms with Crippen LogP contribution in [0.5, 0.6) is 5.75 Å². The lowest BCUT2D eigenvalue weighted by molar-refractivity contribution is -0.116. The van der Waals surface area contributed by atoms with Gasteiger partial charge in [0.1, 0.15) is 5.75 Å². The van der Waals surface area contributed by atoms with E-state index in [4.69, 9.17) is 4.74 Å². The number of hydrogen-bond acceptors (Lipinski definition) is 3. The molecule has 0 spiro atoms. The largest absolute Gasteiger partial charge is 0.497 e. The fraction of sp³-hybridized carbons (Fsp3) is 0.130. The predicted octanol–water partition coefficient (Wildman–Crippen LogP) is 4.83. The lowest BCUT2D eigenvalue weighted by Gasteiger charge is -2.07. The minimum absolute atomic E-state index is 0.00308. The Hall–Kier alpha value is -3.40. The van der Waals surface area contributed by atoms with Crippen molar-refractivity contribution in [1.82, 2.24) is 4.98 Å². The number of pyridine rings is 1. The van der Waals surface area contributed by atoms with E-state index in [-0.39, 0.29) is 5.91 Å². The van der Waals surface area contributed by atoms with E-state index in [1.807, 2.05) is 78.9 Å². The van der Waals surface area contributed by atoms with Crippen molar-refractivity contribution in [3.05, 3.63) is 89.7 Å². The Morgan fingerprint density at radius 2 is 1.89 bits per heavy atom. The number of carbonyl (C=O) groups excluding carboxylic acids is 1. The third kappa shape index (κ3) is 5.82. The SMILES string of the molecule is COc1ccc(CCC(=O)Nc2cccc(C=Cc3ccccn3)c2)cc1. The summed E-state index contributed by atoms with van der Waals surface area (Å²) in [6.07, 6.45) is 6.81. The van der Waals surface area contributed by atoms with Crippen LogP contribution in [-0.2, 0) is 11.2 Å². The zero-order chi connectivity index (χ0) is 18.9. The van der Waals surface area contributed by atoms with Gasteiger partial charge in [-0.25, -0.2) is 0 Å². The Balaban J connectivity index is 1.55. The van der Waals surface area contributed by atoms with Gasteiger partial charge in [0.15, 0.2) is 0 Å². The van der Waals surface area contributed by atoms with Crippen molar-refractivity contribution in [2.45, 2.75) is 12.8 Å². The molecule has 0 saturated heterocycles. The molecule has 0 aliphatic heterocycles. The Morgan fingerprint density at radius 1 is 1.04 bits per heavy atom. The van der Waals surface area contributed by atoms with Crippen molar-refractivity contribution in [3.63, 3.8) is 0 Å². The molecule has 27 heavy (non-hydrogen) atoms. The highest BCUT2D eigenvalue weighted by atomic mass is 16.5. The fourth-order valence-corrected chi connectivity index (χ4v) is 2.65. The molecule has 1 amide bonds. The van der Waals surface area contributed by atoms with Crippen molar-refractivity contribution in [3.8, 4) is 5.75 Å². The number of amides is 1. The number of ether oxygens (including phenoxy) is 1. The molecule has 0 fully saturated rings. The van der Waals surface area contributed by atoms with E-state index in [0.717, 1.165) is 28.3 Å². The average Bonchev–Trinajstić information content (AvgIpc) is 2.72. The van der Waals surface area contributed by atoms with Crippen molar-refractivity contribution in [1.29, 1.82) is 0 Å². The van der Waals surface area contributed by atoms with Crippen LogP contribution in [0, 0.1) is 0 Å². The van der Waals surface area contributed by atoms with Gasteiger partial charge in [-0.2, -0.15) is 0 Å². The lowest BCUT2D eigenvalue weighted by atomic mass is 10.1. The van der Waals surface area contributed by atoms with E-state index in [1.165, 1.54) is 0 Å². The van der Waals surface area contributed by atoms with Gasteiger partial charge in [-0.15, -0.1) is 0 Å². The normalized spacial score (nSPS) is 10.7. The maximum atomic E-state index is 12.2. The molecule has 136 valence electrons. The Bertz CT molecular complexity index is 903. The van der Waals surface area contributed by atoms with Gasteiger partial charge in [-0.05, 0) is 60.0 Å². The molecule has 0 aliphatic carbocycles. The number of rotatable bonds is 7. The summed E-state index contributed by atoms with van der Waals surface area (Å²) in [4.78, 5) is 16.5. The molecule has 1 aromatic heterocycles. The highest BCUT2D eigenvalue weighted by Crippen LogP contribution is 2.15. The van der Waals surface area contributed by atoms with Gasteiger partial charge in [0, 0.05) is 18.3 Å². The molecule has 4 nitrogen and oxygen atoms in total. The van der Waals surface area contributed by atoms with Gasteiger partial charge in [-0.3, -0.25) is 9.78 Å². The minimum Gasteiger partial charge on any atom is -0.497 e. The van der Waals surface area contributed by atoms with Gasteiger partial charge >= 0.3 is 0 Å². The van der Waals surface area contributed by atoms with E-state index >= 15 is 0 Å². The first-order chi connectivity index (χ1) is 13.2. The van der Waals surface area contributed by atoms with E-state index in [0.29, 0.717) is 12.8 Å². The van der Waals surface area contributed by atoms with Crippen LogP contribution in [0.15, 0.2) is 72.9 Å². The van der Waals surface area contributed by atoms with Gasteiger partial charge in [0.2, 0.25) is 5.91 Å². The molecular formula is C23H22N2O2. The number of carbonyl (C=O) groups is 1. The van der Waals surface area contributed by atoms with Crippen LogP contribution < -0.4 is 10.1 Å². The van der Waals surface area contributed by atoms with E-state index in [2.05, 4.69) is 10.3 Å². The smallest absolute Gasteiger partial charge is 0.224 e. The maximum absolute atomic E-state index is 12.2. The summed E-state index contributed by atoms with van der Waals surface area (Å²) >= 11 is 0. The molecule has 4 heteroatoms. The molecule has 0 atom stereocenters. The van der Waals surface area contributed by atoms with Gasteiger partial charge in [0.25, 0.3) is 0 Å². The topological polar surface area (TPSA) is 51.2 Å². The number of nitrogens with zero attached hydrogens (tertiary/aromatic N) is 1. The van der Waals surface area contributed by atoms with E-state index in [9.17, 15) is 4.79 Å². The summed E-state index contributed by atoms with van der Waals surface area (Å²) in [5, 5.41) is 2.96. The number of aromatic nitrogens is 1. The summed E-state index contributed by atoms with van der Waals surface area (Å²) in [7, 11) is 1.64. The molecule has 0 bridgehead atoms. The Morgan fingerprint density at radius 3 is 2.63 bits per heavy atom. The first-order valence-corrected chi connectivity index (χ1v) is 8.85. The molecule has 0 aliphatic rings. The molecular weight excluding hydrogens is 336 g/mol. The van der Waals surface area contributed by atoms with Crippen LogP contribution in [0.25, 0.3) is 12.2 Å². The molecule has 3 aromatic rings. The van der Waals surface area contributed by atoms with Crippen LogP contribution in [0.1, 0.15) is 23.2 Å². The fourth-order valence-electron chi connectivity index (χ4n) is 2.65. The summed E-state index contributed by atoms with van der Waals surface area (Å²) < 4.78 is 5.14. The number of nitrogens with one attached hydrogen (secondary N) is 1. The minimum atomic E-state index is -0.00308. The summed E-state index contributed by atoms with van der Waals surface area (Å²) in [5.41, 5.74) is 3.80. The number of hydrogen-bond donors (Lipinski definition) is 1. The predicted molar refractivity (Wildman–Crippen MR) is 110 cm³/mol. The summed E-state index contributed by atoms with van der Waals surface area (Å²) in [5.74, 6) is 0.815. The van der Waals surface area contributed by atoms with Crippen molar-refractivity contribution >= 4 is 23.7 Å². The van der Waals surface area contributed by atoms with Gasteiger partial charge < -0.3 is 10.1 Å². The second-order valence-electron chi connectivity index (χ2n) is 6.11. The number of anilines is 1. The summed E-state index contributed by atoms with van der Waals surface area (Å²) in [6, 6.07) is 21.3. The zero-order valence-corrected chi connectivity index (χ0v) is 15.3. The standard InChI is InChI=1S/C23H22N2O2/c1-27-22-13-9-18(10-14-22)11-15-23(26)25-21-7-4-5-19(17-21)8-12-20-6-2-3-16-24-20/h2-10,12-14,16-17H,11,15H2,1H3,(H,25,26). The third-order valence-electron chi connectivity index (χ3n) is 4.10. The molecule has 1 N–H and O–H groups in total. The number of methoxy groups -OCH3 is 1. The molecule has 3 rings (SSSR count). The van der Waals surface area contributed by atoms with Gasteiger partial charge in [0.05, 0.1) is 12.8 Å². The van der Waals surface area contributed by atoms with Crippen LogP contribution in [0.3, 0.4) is 0 Å². The molecule has 2 aromatic carbocycles. The second-order valence-corrected chi connectivity index (χ2v) is 6.11. The Labute approximate surface area is 159 Å². The molecule has 0 radical (unpaired) electrons. The first kappa shape index (κ1) is 18.4. The quantitative estimate of drug-likeness (QED) is 0.658. The molecule has 0 unspecified atom stereocenters. The van der Waals surface area contributed by atoms with Crippen LogP contribution in [0.2, 0.25) is 0 Å². The maximum Gasteiger partial charge on any atom is 0.224 e. The van der Waals surface area contributed by atoms with E-state index < -0.39 is 0 Å². The van der Waals surface area contributed by atoms with Crippen molar-refractivity contribution < 1.29 is 9.53 Å². The highest BCUT2D eigenvalue weighted by Gasteiger charge is 2.04. The first-order valence-electron chi connectivity index (χ1n) is 8.85. The highest BCUT2D eigenvalue weighted by molar-refractivity contribution is 5.91. The average molecular weight is 358 g/mol. The van der Waals surface area contributed by atoms with Crippen molar-refractivity contribution in [2.75, 3.05) is 12.4 Å². The van der Waals surface area contributed by atoms with Crippen LogP contribution in [0.4, 0.5) is 5.69 Å². The number of aryl methyl sites for hydroxylation is 1. The lowest BCUT2D eigenvalue weighted by Crippen LogP contribution is -2.12. The third-order valence-corrected chi connectivity index (χ3v) is 4.10. The Kier molecular flexibility index (Phi) is 6.36. The van der Waals surface area contributed by atoms with Crippen molar-refractivity contribution in [2.24, 2.45) is 0 Å². The monoisotopic (exact) mass is 358 g/mol. The van der Waals surface area contributed by atoms with Crippen LogP contribution >= 0.6 is 0 Å². The van der Waals surface area contributed by atoms with E-state index in [1.54, 1.807) is 13.3 Å². The summed E-state index contributed by atoms with van der Waals surface area (Å²) in [6.45, 7) is 0.